The number of aliphatic hydroxyl groups is 1. The van der Waals surface area contributed by atoms with Crippen LogP contribution in [-0.4, -0.2) is 44.4 Å². The summed E-state index contributed by atoms with van der Waals surface area (Å²) in [5.41, 5.74) is 0.112. The normalized spacial score (nSPS) is 23.1. The maximum atomic E-state index is 14.4. The molecule has 0 spiro atoms. The smallest absolute Gasteiger partial charge is 0.386 e. The van der Waals surface area contributed by atoms with Crippen LogP contribution in [-0.2, 0) is 0 Å². The highest BCUT2D eigenvalue weighted by Crippen LogP contribution is 2.35. The second-order valence-corrected chi connectivity index (χ2v) is 7.22. The van der Waals surface area contributed by atoms with Crippen LogP contribution in [0.5, 0.6) is 0 Å². The van der Waals surface area contributed by atoms with Gasteiger partial charge in [-0.3, -0.25) is 0 Å². The van der Waals surface area contributed by atoms with E-state index in [-0.39, 0.29) is 29.3 Å². The summed E-state index contributed by atoms with van der Waals surface area (Å²) in [6.07, 6.45) is -2.45. The van der Waals surface area contributed by atoms with Gasteiger partial charge in [0, 0.05) is 11.6 Å². The van der Waals surface area contributed by atoms with Crippen molar-refractivity contribution in [2.24, 2.45) is 5.92 Å². The molecule has 10 heteroatoms. The molecule has 3 N–H and O–H groups in total. The number of allylic oxidation sites excluding steroid dienone is 1. The lowest BCUT2D eigenvalue weighted by Gasteiger charge is -2.21. The molecule has 27 heavy (non-hydrogen) atoms. The van der Waals surface area contributed by atoms with Crippen LogP contribution in [0.1, 0.15) is 51.8 Å². The van der Waals surface area contributed by atoms with Crippen molar-refractivity contribution in [2.75, 3.05) is 10.6 Å². The van der Waals surface area contributed by atoms with E-state index in [9.17, 15) is 22.7 Å². The minimum absolute atomic E-state index is 0.0453. The summed E-state index contributed by atoms with van der Waals surface area (Å²) < 4.78 is 53.0. The molecular formula is C17H23F4N5O. The number of nitrogens with zero attached hydrogens (tertiary/aromatic N) is 3. The highest BCUT2D eigenvalue weighted by Gasteiger charge is 2.37. The summed E-state index contributed by atoms with van der Waals surface area (Å²) in [6.45, 7) is 2.89. The van der Waals surface area contributed by atoms with Crippen molar-refractivity contribution in [3.63, 3.8) is 0 Å². The highest BCUT2D eigenvalue weighted by atomic mass is 19.4. The summed E-state index contributed by atoms with van der Waals surface area (Å²) in [4.78, 5) is 12.2. The zero-order valence-electron chi connectivity index (χ0n) is 15.1. The molecule has 1 saturated carbocycles. The predicted octanol–water partition coefficient (Wildman–Crippen LogP) is 3.67. The fourth-order valence-corrected chi connectivity index (χ4v) is 2.97. The first kappa shape index (κ1) is 19.8. The molecule has 1 aromatic heterocycles. The second kappa shape index (κ2) is 7.57. The standard InChI is InChI=1S/C17H23F4N5O/c1-8(10-6-7-10)22-15-24-14(11-4-3-5-12(27)13(11)18)25-16(26-15)23-9(2)17(19,20)21/h8-10,12,27H,3-7H2,1-2H3,(H2,22,23,24,25,26)/t8-,9-,12?/m1/s1. The van der Waals surface area contributed by atoms with Crippen molar-refractivity contribution in [3.8, 4) is 0 Å². The minimum Gasteiger partial charge on any atom is -0.386 e. The molecule has 0 aliphatic heterocycles. The summed E-state index contributed by atoms with van der Waals surface area (Å²) in [5.74, 6) is -0.511. The maximum Gasteiger partial charge on any atom is 0.408 e. The van der Waals surface area contributed by atoms with E-state index < -0.39 is 24.1 Å². The first-order valence-corrected chi connectivity index (χ1v) is 9.08. The van der Waals surface area contributed by atoms with E-state index in [2.05, 4.69) is 25.6 Å². The van der Waals surface area contributed by atoms with Gasteiger partial charge in [0.1, 0.15) is 18.0 Å². The Hall–Kier alpha value is -1.97. The molecule has 0 radical (unpaired) electrons. The monoisotopic (exact) mass is 389 g/mol. The topological polar surface area (TPSA) is 83.0 Å². The van der Waals surface area contributed by atoms with Crippen LogP contribution in [0.4, 0.5) is 29.5 Å². The number of hydrogen-bond donors (Lipinski definition) is 3. The Morgan fingerprint density at radius 2 is 1.67 bits per heavy atom. The van der Waals surface area contributed by atoms with Gasteiger partial charge in [0.25, 0.3) is 0 Å². The van der Waals surface area contributed by atoms with E-state index in [1.807, 2.05) is 6.92 Å². The van der Waals surface area contributed by atoms with Crippen LogP contribution in [0, 0.1) is 5.92 Å². The van der Waals surface area contributed by atoms with Gasteiger partial charge >= 0.3 is 6.18 Å². The third-order valence-corrected chi connectivity index (χ3v) is 4.91. The average molecular weight is 389 g/mol. The fourth-order valence-electron chi connectivity index (χ4n) is 2.97. The second-order valence-electron chi connectivity index (χ2n) is 7.22. The van der Waals surface area contributed by atoms with Crippen molar-refractivity contribution < 1.29 is 22.7 Å². The van der Waals surface area contributed by atoms with Gasteiger partial charge in [-0.2, -0.15) is 28.1 Å². The first-order valence-electron chi connectivity index (χ1n) is 9.08. The number of rotatable bonds is 6. The Morgan fingerprint density at radius 3 is 2.26 bits per heavy atom. The summed E-state index contributed by atoms with van der Waals surface area (Å²) in [6, 6.07) is -1.83. The lowest BCUT2D eigenvalue weighted by molar-refractivity contribution is -0.138. The third kappa shape index (κ3) is 4.85. The number of nitrogens with one attached hydrogen (secondary N) is 2. The highest BCUT2D eigenvalue weighted by molar-refractivity contribution is 5.65. The number of anilines is 2. The zero-order chi connectivity index (χ0) is 19.8. The third-order valence-electron chi connectivity index (χ3n) is 4.91. The van der Waals surface area contributed by atoms with E-state index in [0.717, 1.165) is 19.8 Å². The Labute approximate surface area is 154 Å². The number of alkyl halides is 3. The average Bonchev–Trinajstić information content (AvgIpc) is 3.41. The predicted molar refractivity (Wildman–Crippen MR) is 92.7 cm³/mol. The Morgan fingerprint density at radius 1 is 1.04 bits per heavy atom. The molecule has 0 aromatic carbocycles. The van der Waals surface area contributed by atoms with Crippen LogP contribution in [0.25, 0.3) is 5.57 Å². The molecule has 0 bridgehead atoms. The first-order chi connectivity index (χ1) is 12.6. The van der Waals surface area contributed by atoms with Crippen molar-refractivity contribution in [1.29, 1.82) is 0 Å². The largest absolute Gasteiger partial charge is 0.408 e. The molecule has 1 unspecified atom stereocenters. The number of halogens is 4. The van der Waals surface area contributed by atoms with Crippen LogP contribution in [0.2, 0.25) is 0 Å². The molecular weight excluding hydrogens is 366 g/mol. The molecule has 1 aromatic rings. The van der Waals surface area contributed by atoms with Crippen molar-refractivity contribution in [1.82, 2.24) is 15.0 Å². The van der Waals surface area contributed by atoms with Crippen molar-refractivity contribution >= 4 is 17.5 Å². The van der Waals surface area contributed by atoms with E-state index in [0.29, 0.717) is 25.2 Å². The lowest BCUT2D eigenvalue weighted by atomic mass is 9.96. The van der Waals surface area contributed by atoms with Gasteiger partial charge in [-0.05, 0) is 51.9 Å². The molecule has 150 valence electrons. The summed E-state index contributed by atoms with van der Waals surface area (Å²) in [7, 11) is 0. The van der Waals surface area contributed by atoms with Gasteiger partial charge in [-0.15, -0.1) is 0 Å². The molecule has 2 aliphatic rings. The van der Waals surface area contributed by atoms with Gasteiger partial charge in [0.15, 0.2) is 5.82 Å². The zero-order valence-corrected chi connectivity index (χ0v) is 15.1. The molecule has 0 amide bonds. The van der Waals surface area contributed by atoms with Crippen LogP contribution >= 0.6 is 0 Å². The van der Waals surface area contributed by atoms with Crippen molar-refractivity contribution in [3.05, 3.63) is 11.7 Å². The molecule has 2 aliphatic carbocycles. The van der Waals surface area contributed by atoms with Gasteiger partial charge in [0.05, 0.1) is 0 Å². The molecule has 1 heterocycles. The molecule has 3 rings (SSSR count). The quantitative estimate of drug-likeness (QED) is 0.644. The van der Waals surface area contributed by atoms with Gasteiger partial charge in [0.2, 0.25) is 11.9 Å². The number of aromatic nitrogens is 3. The SMILES string of the molecule is C[C@@H](Nc1nc(N[C@H](C)C(F)(F)F)nc(C2=C(F)C(O)CCC2)n1)C1CC1. The van der Waals surface area contributed by atoms with Crippen molar-refractivity contribution in [2.45, 2.75) is 70.3 Å². The Balaban J connectivity index is 1.93. The molecule has 0 saturated heterocycles. The minimum atomic E-state index is -4.48. The van der Waals surface area contributed by atoms with Crippen LogP contribution in [0.15, 0.2) is 5.83 Å². The molecule has 3 atom stereocenters. The summed E-state index contributed by atoms with van der Waals surface area (Å²) in [5, 5.41) is 15.0. The van der Waals surface area contributed by atoms with Gasteiger partial charge in [-0.1, -0.05) is 0 Å². The van der Waals surface area contributed by atoms with Crippen LogP contribution < -0.4 is 10.6 Å². The number of aliphatic hydroxyl groups excluding tert-OH is 1. The molecule has 1 fully saturated rings. The lowest BCUT2D eigenvalue weighted by Crippen LogP contribution is -2.34. The van der Waals surface area contributed by atoms with E-state index in [1.165, 1.54) is 0 Å². The van der Waals surface area contributed by atoms with Crippen LogP contribution in [0.3, 0.4) is 0 Å². The molecule has 6 nitrogen and oxygen atoms in total. The van der Waals surface area contributed by atoms with E-state index in [1.54, 1.807) is 0 Å². The van der Waals surface area contributed by atoms with Gasteiger partial charge in [-0.25, -0.2) is 4.39 Å². The Bertz CT molecular complexity index is 720. The number of hydrogen-bond acceptors (Lipinski definition) is 6. The van der Waals surface area contributed by atoms with E-state index >= 15 is 0 Å². The maximum absolute atomic E-state index is 14.4. The fraction of sp³-hybridized carbons (Fsp3) is 0.706. The van der Waals surface area contributed by atoms with E-state index in [4.69, 9.17) is 0 Å². The van der Waals surface area contributed by atoms with Gasteiger partial charge < -0.3 is 15.7 Å². The Kier molecular flexibility index (Phi) is 5.55. The summed E-state index contributed by atoms with van der Waals surface area (Å²) >= 11 is 0.